The average Bonchev–Trinajstić information content (AvgIpc) is 3.05. The van der Waals surface area contributed by atoms with E-state index in [9.17, 15) is 4.79 Å². The van der Waals surface area contributed by atoms with Crippen LogP contribution in [0.1, 0.15) is 51.1 Å². The van der Waals surface area contributed by atoms with Gasteiger partial charge in [-0.2, -0.15) is 5.10 Å². The van der Waals surface area contributed by atoms with Gasteiger partial charge in [-0.1, -0.05) is 55.8 Å². The van der Waals surface area contributed by atoms with Gasteiger partial charge in [-0.3, -0.25) is 9.80 Å². The summed E-state index contributed by atoms with van der Waals surface area (Å²) in [7, 11) is 0. The molecule has 2 aliphatic heterocycles. The molecule has 4 nitrogen and oxygen atoms in total. The van der Waals surface area contributed by atoms with E-state index in [1.165, 1.54) is 5.56 Å². The predicted molar refractivity (Wildman–Crippen MR) is 115 cm³/mol. The van der Waals surface area contributed by atoms with E-state index in [-0.39, 0.29) is 23.4 Å². The highest BCUT2D eigenvalue weighted by Crippen LogP contribution is 2.38. The standard InChI is InChI=1S/C23H26ClN3O/c1-23(2)14-19(25-22(28)15-23)12-18-13-21(16-8-10-17(24)11-9-16)27(26-18)20-6-4-3-5-7-20/h3-11,19,21H,12-15H2,1-2H3,(H,25,28). The van der Waals surface area contributed by atoms with Crippen molar-refractivity contribution in [3.63, 3.8) is 0 Å². The van der Waals surface area contributed by atoms with E-state index in [0.717, 1.165) is 35.7 Å². The summed E-state index contributed by atoms with van der Waals surface area (Å²) in [6.07, 6.45) is 3.22. The number of amides is 1. The highest BCUT2D eigenvalue weighted by Gasteiger charge is 2.35. The van der Waals surface area contributed by atoms with E-state index < -0.39 is 0 Å². The molecular formula is C23H26ClN3O. The highest BCUT2D eigenvalue weighted by atomic mass is 35.5. The lowest BCUT2D eigenvalue weighted by Gasteiger charge is -2.35. The first-order valence-corrected chi connectivity index (χ1v) is 10.2. The molecule has 0 spiro atoms. The van der Waals surface area contributed by atoms with Crippen LogP contribution in [-0.4, -0.2) is 17.7 Å². The van der Waals surface area contributed by atoms with Gasteiger partial charge in [0, 0.05) is 36.0 Å². The minimum atomic E-state index is 0.0425. The Hall–Kier alpha value is -2.33. The molecule has 2 atom stereocenters. The predicted octanol–water partition coefficient (Wildman–Crippen LogP) is 5.34. The molecule has 2 heterocycles. The lowest BCUT2D eigenvalue weighted by molar-refractivity contribution is -0.126. The molecule has 0 bridgehead atoms. The van der Waals surface area contributed by atoms with E-state index in [1.807, 2.05) is 30.3 Å². The van der Waals surface area contributed by atoms with Crippen molar-refractivity contribution in [3.05, 3.63) is 65.2 Å². The van der Waals surface area contributed by atoms with Gasteiger partial charge >= 0.3 is 0 Å². The first kappa shape index (κ1) is 19.0. The second-order valence-electron chi connectivity index (χ2n) is 8.63. The summed E-state index contributed by atoms with van der Waals surface area (Å²) in [5, 5.41) is 11.0. The maximum Gasteiger partial charge on any atom is 0.220 e. The van der Waals surface area contributed by atoms with Gasteiger partial charge in [0.15, 0.2) is 0 Å². The summed E-state index contributed by atoms with van der Waals surface area (Å²) in [5.74, 6) is 0.147. The van der Waals surface area contributed by atoms with Gasteiger partial charge in [-0.05, 0) is 41.7 Å². The molecule has 0 aromatic heterocycles. The summed E-state index contributed by atoms with van der Waals surface area (Å²) >= 11 is 6.09. The Morgan fingerprint density at radius 3 is 2.54 bits per heavy atom. The van der Waals surface area contributed by atoms with Crippen LogP contribution in [0.5, 0.6) is 0 Å². The number of hydrogen-bond donors (Lipinski definition) is 1. The van der Waals surface area contributed by atoms with Gasteiger partial charge < -0.3 is 5.32 Å². The number of carbonyl (C=O) groups excluding carboxylic acids is 1. The fraction of sp³-hybridized carbons (Fsp3) is 0.391. The molecule has 1 saturated heterocycles. The number of anilines is 1. The van der Waals surface area contributed by atoms with Crippen LogP contribution < -0.4 is 10.3 Å². The van der Waals surface area contributed by atoms with E-state index in [4.69, 9.17) is 16.7 Å². The topological polar surface area (TPSA) is 44.7 Å². The number of nitrogens with one attached hydrogen (secondary N) is 1. The van der Waals surface area contributed by atoms with E-state index in [2.05, 4.69) is 48.4 Å². The summed E-state index contributed by atoms with van der Waals surface area (Å²) in [6.45, 7) is 4.34. The molecule has 0 saturated carbocycles. The summed E-state index contributed by atoms with van der Waals surface area (Å²) in [6, 6.07) is 18.6. The Balaban J connectivity index is 1.58. The number of nitrogens with zero attached hydrogens (tertiary/aromatic N) is 2. The molecule has 2 unspecified atom stereocenters. The number of hydrogen-bond acceptors (Lipinski definition) is 3. The molecule has 28 heavy (non-hydrogen) atoms. The number of para-hydroxylation sites is 1. The number of carbonyl (C=O) groups is 1. The van der Waals surface area contributed by atoms with Crippen molar-refractivity contribution in [3.8, 4) is 0 Å². The Bertz CT molecular complexity index is 876. The summed E-state index contributed by atoms with van der Waals surface area (Å²) in [5.41, 5.74) is 3.44. The van der Waals surface area contributed by atoms with Crippen molar-refractivity contribution in [1.29, 1.82) is 0 Å². The Morgan fingerprint density at radius 2 is 1.86 bits per heavy atom. The lowest BCUT2D eigenvalue weighted by atomic mass is 9.78. The van der Waals surface area contributed by atoms with Crippen molar-refractivity contribution in [2.45, 2.75) is 51.6 Å². The molecule has 146 valence electrons. The molecule has 5 heteroatoms. The molecular weight excluding hydrogens is 370 g/mol. The van der Waals surface area contributed by atoms with Crippen LogP contribution in [0, 0.1) is 5.41 Å². The summed E-state index contributed by atoms with van der Waals surface area (Å²) in [4.78, 5) is 12.1. The normalized spacial score (nSPS) is 24.0. The maximum atomic E-state index is 12.1. The van der Waals surface area contributed by atoms with Gasteiger partial charge in [0.25, 0.3) is 0 Å². The molecule has 2 aliphatic rings. The maximum absolute atomic E-state index is 12.1. The lowest BCUT2D eigenvalue weighted by Crippen LogP contribution is -2.46. The number of piperidine rings is 1. The second-order valence-corrected chi connectivity index (χ2v) is 9.07. The first-order chi connectivity index (χ1) is 13.4. The summed E-state index contributed by atoms with van der Waals surface area (Å²) < 4.78 is 0. The van der Waals surface area contributed by atoms with Crippen LogP contribution in [0.15, 0.2) is 59.7 Å². The van der Waals surface area contributed by atoms with Gasteiger partial charge in [-0.25, -0.2) is 0 Å². The SMILES string of the molecule is CC1(C)CC(=O)NC(CC2=NN(c3ccccc3)C(c3ccc(Cl)cc3)C2)C1. The zero-order valence-corrected chi connectivity index (χ0v) is 17.1. The van der Waals surface area contributed by atoms with Crippen molar-refractivity contribution in [2.75, 3.05) is 5.01 Å². The van der Waals surface area contributed by atoms with Crippen LogP contribution in [0.4, 0.5) is 5.69 Å². The van der Waals surface area contributed by atoms with Crippen molar-refractivity contribution >= 4 is 28.9 Å². The third kappa shape index (κ3) is 4.22. The zero-order valence-electron chi connectivity index (χ0n) is 16.4. The second kappa shape index (κ2) is 7.59. The fourth-order valence-electron chi connectivity index (χ4n) is 4.37. The number of hydrazone groups is 1. The third-order valence-electron chi connectivity index (χ3n) is 5.53. The van der Waals surface area contributed by atoms with Gasteiger partial charge in [-0.15, -0.1) is 0 Å². The monoisotopic (exact) mass is 395 g/mol. The van der Waals surface area contributed by atoms with Crippen molar-refractivity contribution in [2.24, 2.45) is 10.5 Å². The van der Waals surface area contributed by atoms with Gasteiger partial charge in [0.1, 0.15) is 0 Å². The molecule has 2 aromatic rings. The Morgan fingerprint density at radius 1 is 1.14 bits per heavy atom. The zero-order chi connectivity index (χ0) is 19.7. The molecule has 0 radical (unpaired) electrons. The van der Waals surface area contributed by atoms with E-state index in [0.29, 0.717) is 6.42 Å². The number of rotatable bonds is 4. The minimum Gasteiger partial charge on any atom is -0.353 e. The van der Waals surface area contributed by atoms with E-state index in [1.54, 1.807) is 0 Å². The molecule has 1 fully saturated rings. The van der Waals surface area contributed by atoms with Crippen LogP contribution in [-0.2, 0) is 4.79 Å². The molecule has 0 aliphatic carbocycles. The average molecular weight is 396 g/mol. The van der Waals surface area contributed by atoms with Crippen LogP contribution in [0.2, 0.25) is 5.02 Å². The fourth-order valence-corrected chi connectivity index (χ4v) is 4.50. The highest BCUT2D eigenvalue weighted by molar-refractivity contribution is 6.30. The van der Waals surface area contributed by atoms with Gasteiger partial charge in [0.2, 0.25) is 5.91 Å². The quantitative estimate of drug-likeness (QED) is 0.759. The first-order valence-electron chi connectivity index (χ1n) is 9.85. The van der Waals surface area contributed by atoms with Crippen molar-refractivity contribution in [1.82, 2.24) is 5.32 Å². The molecule has 1 N–H and O–H groups in total. The molecule has 2 aromatic carbocycles. The Labute approximate surface area is 171 Å². The van der Waals surface area contributed by atoms with Crippen molar-refractivity contribution < 1.29 is 4.79 Å². The molecule has 4 rings (SSSR count). The largest absolute Gasteiger partial charge is 0.353 e. The molecule has 1 amide bonds. The van der Waals surface area contributed by atoms with Crippen LogP contribution in [0.25, 0.3) is 0 Å². The third-order valence-corrected chi connectivity index (χ3v) is 5.79. The van der Waals surface area contributed by atoms with E-state index >= 15 is 0 Å². The smallest absolute Gasteiger partial charge is 0.220 e. The van der Waals surface area contributed by atoms with Crippen LogP contribution >= 0.6 is 11.6 Å². The van der Waals surface area contributed by atoms with Crippen LogP contribution in [0.3, 0.4) is 0 Å². The number of halogens is 1. The minimum absolute atomic E-state index is 0.0425. The van der Waals surface area contributed by atoms with Gasteiger partial charge in [0.05, 0.1) is 11.7 Å². The Kier molecular flexibility index (Phi) is 5.15. The number of benzene rings is 2.